The van der Waals surface area contributed by atoms with Crippen LogP contribution in [-0.2, 0) is 22.8 Å². The lowest BCUT2D eigenvalue weighted by Crippen LogP contribution is -2.04. The van der Waals surface area contributed by atoms with Gasteiger partial charge >= 0.3 is 5.97 Å². The van der Waals surface area contributed by atoms with Crippen LogP contribution in [0.2, 0.25) is 0 Å². The predicted molar refractivity (Wildman–Crippen MR) is 141 cm³/mol. The number of oxime groups is 1. The number of nitrogens with zero attached hydrogens (tertiary/aromatic N) is 2. The highest BCUT2D eigenvalue weighted by Crippen LogP contribution is 2.23. The molecule has 0 amide bonds. The molecule has 0 spiro atoms. The Labute approximate surface area is 216 Å². The van der Waals surface area contributed by atoms with Gasteiger partial charge in [0.2, 0.25) is 5.89 Å². The zero-order chi connectivity index (χ0) is 25.9. The zero-order valence-electron chi connectivity index (χ0n) is 20.8. The minimum absolute atomic E-state index is 0.150. The predicted octanol–water partition coefficient (Wildman–Crippen LogP) is 6.79. The summed E-state index contributed by atoms with van der Waals surface area (Å²) < 4.78 is 11.8. The summed E-state index contributed by atoms with van der Waals surface area (Å²) in [5.41, 5.74) is 4.36. The third-order valence-corrected chi connectivity index (χ3v) is 5.75. The second kappa shape index (κ2) is 13.1. The summed E-state index contributed by atoms with van der Waals surface area (Å²) in [6.45, 7) is 2.45. The van der Waals surface area contributed by atoms with Gasteiger partial charge in [0, 0.05) is 12.0 Å². The van der Waals surface area contributed by atoms with Crippen molar-refractivity contribution in [2.45, 2.75) is 45.8 Å². The van der Waals surface area contributed by atoms with E-state index >= 15 is 0 Å². The van der Waals surface area contributed by atoms with Crippen LogP contribution < -0.4 is 4.74 Å². The molecule has 1 N–H and O–H groups in total. The lowest BCUT2D eigenvalue weighted by Gasteiger charge is -2.09. The van der Waals surface area contributed by atoms with Gasteiger partial charge in [0.1, 0.15) is 30.4 Å². The Hall–Kier alpha value is -4.39. The molecule has 0 atom stereocenters. The van der Waals surface area contributed by atoms with Crippen LogP contribution in [0.3, 0.4) is 0 Å². The summed E-state index contributed by atoms with van der Waals surface area (Å²) in [4.78, 5) is 21.1. The standard InChI is InChI=1S/C30H30N2O5/c1-22-28(31-30(37-22)25-14-6-3-7-15-25)21-35-26-16-10-11-23(19-26)20-36-32-27(17-8-9-18-29(33)34)24-12-4-2-5-13-24/h2-7,10-16,19H,8-9,17-18,20-21H2,1H3,(H,33,34). The molecule has 0 saturated carbocycles. The van der Waals surface area contributed by atoms with E-state index in [9.17, 15) is 4.79 Å². The number of carboxylic acid groups (broad SMARTS) is 1. The molecule has 0 unspecified atom stereocenters. The number of benzene rings is 3. The SMILES string of the molecule is Cc1oc(-c2ccccc2)nc1COc1cccc(CON=C(CCCCC(=O)O)c2ccccc2)c1. The van der Waals surface area contributed by atoms with Gasteiger partial charge < -0.3 is 19.1 Å². The molecule has 0 saturated heterocycles. The fraction of sp³-hybridized carbons (Fsp3) is 0.233. The van der Waals surface area contributed by atoms with E-state index in [1.807, 2.05) is 91.9 Å². The van der Waals surface area contributed by atoms with Crippen molar-refractivity contribution in [3.8, 4) is 17.2 Å². The van der Waals surface area contributed by atoms with Crippen molar-refractivity contribution in [3.63, 3.8) is 0 Å². The van der Waals surface area contributed by atoms with Crippen molar-refractivity contribution in [2.24, 2.45) is 5.16 Å². The van der Waals surface area contributed by atoms with E-state index < -0.39 is 5.97 Å². The van der Waals surface area contributed by atoms with E-state index in [1.54, 1.807) is 0 Å². The van der Waals surface area contributed by atoms with Gasteiger partial charge in [0.05, 0.1) is 5.71 Å². The normalized spacial score (nSPS) is 11.3. The molecule has 190 valence electrons. The molecule has 0 fully saturated rings. The lowest BCUT2D eigenvalue weighted by molar-refractivity contribution is -0.137. The van der Waals surface area contributed by atoms with Crippen LogP contribution in [0.15, 0.2) is 94.5 Å². The molecule has 37 heavy (non-hydrogen) atoms. The Morgan fingerprint density at radius 2 is 1.65 bits per heavy atom. The van der Waals surface area contributed by atoms with E-state index in [1.165, 1.54) is 0 Å². The average Bonchev–Trinajstić information content (AvgIpc) is 3.30. The summed E-state index contributed by atoms with van der Waals surface area (Å²) >= 11 is 0. The zero-order valence-corrected chi connectivity index (χ0v) is 20.8. The van der Waals surface area contributed by atoms with Crippen molar-refractivity contribution < 1.29 is 23.9 Å². The number of unbranched alkanes of at least 4 members (excludes halogenated alkanes) is 1. The minimum atomic E-state index is -0.785. The average molecular weight is 499 g/mol. The first kappa shape index (κ1) is 25.7. The molecule has 7 nitrogen and oxygen atoms in total. The van der Waals surface area contributed by atoms with Gasteiger partial charge in [0.15, 0.2) is 0 Å². The van der Waals surface area contributed by atoms with Gasteiger partial charge in [0.25, 0.3) is 0 Å². The largest absolute Gasteiger partial charge is 0.487 e. The third-order valence-electron chi connectivity index (χ3n) is 5.75. The first-order chi connectivity index (χ1) is 18.1. The maximum Gasteiger partial charge on any atom is 0.303 e. The van der Waals surface area contributed by atoms with Gasteiger partial charge in [-0.3, -0.25) is 4.79 Å². The molecule has 1 aromatic heterocycles. The number of aryl methyl sites for hydroxylation is 1. The number of carbonyl (C=O) groups is 1. The first-order valence-corrected chi connectivity index (χ1v) is 12.3. The number of aromatic nitrogens is 1. The van der Waals surface area contributed by atoms with Crippen molar-refractivity contribution >= 4 is 11.7 Å². The molecule has 3 aromatic carbocycles. The van der Waals surface area contributed by atoms with Crippen LogP contribution >= 0.6 is 0 Å². The Morgan fingerprint density at radius 1 is 0.919 bits per heavy atom. The Bertz CT molecular complexity index is 1320. The van der Waals surface area contributed by atoms with Crippen LogP contribution in [0.4, 0.5) is 0 Å². The number of aliphatic carboxylic acids is 1. The van der Waals surface area contributed by atoms with E-state index in [2.05, 4.69) is 10.1 Å². The Morgan fingerprint density at radius 3 is 2.41 bits per heavy atom. The smallest absolute Gasteiger partial charge is 0.303 e. The Kier molecular flexibility index (Phi) is 9.07. The van der Waals surface area contributed by atoms with Crippen LogP contribution in [0, 0.1) is 6.92 Å². The summed E-state index contributed by atoms with van der Waals surface area (Å²) in [5.74, 6) is 1.22. The number of rotatable bonds is 13. The molecule has 4 rings (SSSR count). The number of oxazole rings is 1. The number of hydrogen-bond donors (Lipinski definition) is 1. The van der Waals surface area contributed by atoms with E-state index in [0.29, 0.717) is 31.1 Å². The van der Waals surface area contributed by atoms with Crippen LogP contribution in [0.5, 0.6) is 5.75 Å². The lowest BCUT2D eigenvalue weighted by atomic mass is 10.0. The van der Waals surface area contributed by atoms with Gasteiger partial charge in [-0.25, -0.2) is 4.98 Å². The second-order valence-electron chi connectivity index (χ2n) is 8.60. The molecular weight excluding hydrogens is 468 g/mol. The van der Waals surface area contributed by atoms with Crippen molar-refractivity contribution in [1.29, 1.82) is 0 Å². The maximum atomic E-state index is 10.8. The fourth-order valence-electron chi connectivity index (χ4n) is 3.77. The summed E-state index contributed by atoms with van der Waals surface area (Å²) in [6, 6.07) is 27.2. The molecule has 0 aliphatic heterocycles. The maximum absolute atomic E-state index is 10.8. The number of hydrogen-bond acceptors (Lipinski definition) is 6. The van der Waals surface area contributed by atoms with E-state index in [0.717, 1.165) is 40.3 Å². The van der Waals surface area contributed by atoms with Gasteiger partial charge in [-0.2, -0.15) is 0 Å². The van der Waals surface area contributed by atoms with Crippen LogP contribution in [0.25, 0.3) is 11.5 Å². The van der Waals surface area contributed by atoms with Crippen LogP contribution in [0.1, 0.15) is 48.3 Å². The van der Waals surface area contributed by atoms with Crippen molar-refractivity contribution in [1.82, 2.24) is 4.98 Å². The van der Waals surface area contributed by atoms with E-state index in [-0.39, 0.29) is 13.0 Å². The molecule has 1 heterocycles. The second-order valence-corrected chi connectivity index (χ2v) is 8.60. The molecule has 7 heteroatoms. The monoisotopic (exact) mass is 498 g/mol. The summed E-state index contributed by atoms with van der Waals surface area (Å²) in [7, 11) is 0. The van der Waals surface area contributed by atoms with Crippen molar-refractivity contribution in [3.05, 3.63) is 108 Å². The van der Waals surface area contributed by atoms with Crippen molar-refractivity contribution in [2.75, 3.05) is 0 Å². The van der Waals surface area contributed by atoms with Gasteiger partial charge in [-0.05, 0) is 61.6 Å². The molecule has 0 aliphatic carbocycles. The molecule has 0 bridgehead atoms. The third kappa shape index (κ3) is 7.80. The summed E-state index contributed by atoms with van der Waals surface area (Å²) in [5, 5.41) is 13.3. The number of ether oxygens (including phenoxy) is 1. The fourth-order valence-corrected chi connectivity index (χ4v) is 3.77. The Balaban J connectivity index is 1.35. The minimum Gasteiger partial charge on any atom is -0.487 e. The molecule has 4 aromatic rings. The first-order valence-electron chi connectivity index (χ1n) is 12.3. The molecule has 0 radical (unpaired) electrons. The quantitative estimate of drug-likeness (QED) is 0.124. The van der Waals surface area contributed by atoms with E-state index in [4.69, 9.17) is 19.1 Å². The highest BCUT2D eigenvalue weighted by molar-refractivity contribution is 6.00. The van der Waals surface area contributed by atoms with Gasteiger partial charge in [-0.1, -0.05) is 65.8 Å². The topological polar surface area (TPSA) is 94.2 Å². The number of carboxylic acids is 1. The molecule has 0 aliphatic rings. The van der Waals surface area contributed by atoms with Gasteiger partial charge in [-0.15, -0.1) is 0 Å². The van der Waals surface area contributed by atoms with Crippen LogP contribution in [-0.4, -0.2) is 21.8 Å². The highest BCUT2D eigenvalue weighted by atomic mass is 16.6. The summed E-state index contributed by atoms with van der Waals surface area (Å²) in [6.07, 6.45) is 2.11. The molecular formula is C30H30N2O5. The highest BCUT2D eigenvalue weighted by Gasteiger charge is 2.12.